The molecule has 0 saturated carbocycles. The van der Waals surface area contributed by atoms with Crippen molar-refractivity contribution in [2.45, 2.75) is 59.2 Å². The minimum absolute atomic E-state index is 0.137. The smallest absolute Gasteiger partial charge is 0.412 e. The van der Waals surface area contributed by atoms with Gasteiger partial charge >= 0.3 is 12.2 Å². The maximum absolute atomic E-state index is 14.0. The molecule has 0 atom stereocenters. The highest BCUT2D eigenvalue weighted by molar-refractivity contribution is 6.01. The zero-order valence-electron chi connectivity index (χ0n) is 24.3. The van der Waals surface area contributed by atoms with Gasteiger partial charge in [0.2, 0.25) is 0 Å². The Morgan fingerprint density at radius 3 is 2.24 bits per heavy atom. The van der Waals surface area contributed by atoms with Gasteiger partial charge in [-0.3, -0.25) is 15.1 Å². The molecule has 0 aliphatic carbocycles. The molecule has 0 unspecified atom stereocenters. The first kappa shape index (κ1) is 29.7. The van der Waals surface area contributed by atoms with Crippen LogP contribution in [0.15, 0.2) is 42.6 Å². The molecule has 1 aromatic heterocycles. The maximum Gasteiger partial charge on any atom is 0.412 e. The highest BCUT2D eigenvalue weighted by Crippen LogP contribution is 2.23. The first-order valence-electron chi connectivity index (χ1n) is 13.5. The zero-order valence-corrected chi connectivity index (χ0v) is 24.3. The topological polar surface area (TPSA) is 114 Å². The number of carbonyl (C=O) groups excluding carboxylic acids is 3. The minimum Gasteiger partial charge on any atom is -0.444 e. The van der Waals surface area contributed by atoms with Gasteiger partial charge in [0.1, 0.15) is 22.8 Å². The molecule has 1 fully saturated rings. The lowest BCUT2D eigenvalue weighted by atomic mass is 10.0. The summed E-state index contributed by atoms with van der Waals surface area (Å²) in [6.45, 7) is 12.9. The van der Waals surface area contributed by atoms with Crippen molar-refractivity contribution >= 4 is 40.5 Å². The van der Waals surface area contributed by atoms with Crippen molar-refractivity contribution in [1.82, 2.24) is 14.9 Å². The normalized spacial score (nSPS) is 14.1. The maximum atomic E-state index is 14.0. The number of rotatable bonds is 5. The number of fused-ring (bicyclic) bond motifs is 1. The van der Waals surface area contributed by atoms with Gasteiger partial charge in [-0.15, -0.1) is 0 Å². The van der Waals surface area contributed by atoms with Crippen LogP contribution in [0, 0.1) is 5.82 Å². The molecule has 218 valence electrons. The number of amides is 2. The molecular weight excluding hydrogens is 529 g/mol. The van der Waals surface area contributed by atoms with Gasteiger partial charge in [-0.1, -0.05) is 0 Å². The van der Waals surface area contributed by atoms with Gasteiger partial charge in [-0.05, 0) is 83.5 Å². The molecule has 2 aromatic carbocycles. The second-order valence-corrected chi connectivity index (χ2v) is 11.9. The molecule has 2 heterocycles. The van der Waals surface area contributed by atoms with E-state index in [2.05, 4.69) is 15.2 Å². The van der Waals surface area contributed by atoms with Gasteiger partial charge in [0.25, 0.3) is 0 Å². The predicted octanol–water partition coefficient (Wildman–Crippen LogP) is 5.60. The summed E-state index contributed by atoms with van der Waals surface area (Å²) in [6, 6.07) is 8.87. The third-order valence-corrected chi connectivity index (χ3v) is 6.16. The average Bonchev–Trinajstić information content (AvgIpc) is 2.87. The summed E-state index contributed by atoms with van der Waals surface area (Å²) in [4.78, 5) is 50.7. The number of halogens is 1. The second kappa shape index (κ2) is 11.7. The first-order valence-corrected chi connectivity index (χ1v) is 13.5. The van der Waals surface area contributed by atoms with E-state index >= 15 is 0 Å². The van der Waals surface area contributed by atoms with Crippen molar-refractivity contribution in [3.8, 4) is 0 Å². The summed E-state index contributed by atoms with van der Waals surface area (Å²) >= 11 is 0. The summed E-state index contributed by atoms with van der Waals surface area (Å²) in [7, 11) is 0. The quantitative estimate of drug-likeness (QED) is 0.398. The van der Waals surface area contributed by atoms with E-state index in [-0.39, 0.29) is 18.3 Å². The van der Waals surface area contributed by atoms with Gasteiger partial charge in [0.15, 0.2) is 5.78 Å². The summed E-state index contributed by atoms with van der Waals surface area (Å²) in [5.74, 6) is -0.113. The van der Waals surface area contributed by atoms with Crippen molar-refractivity contribution in [2.75, 3.05) is 36.4 Å². The number of carbonyl (C=O) groups is 3. The van der Waals surface area contributed by atoms with E-state index in [0.717, 1.165) is 0 Å². The lowest BCUT2D eigenvalue weighted by molar-refractivity contribution is 0.0240. The van der Waals surface area contributed by atoms with Crippen LogP contribution < -0.4 is 10.2 Å². The summed E-state index contributed by atoms with van der Waals surface area (Å²) in [5.41, 5.74) is 0.914. The number of piperazine rings is 1. The molecule has 3 aromatic rings. The number of ketones is 1. The molecule has 4 rings (SSSR count). The number of Topliss-reactive ketones (excluding diaryl/α,β-unsaturated/α-hetero) is 1. The zero-order chi connectivity index (χ0) is 29.9. The van der Waals surface area contributed by atoms with E-state index in [1.807, 2.05) is 20.8 Å². The molecule has 1 aliphatic heterocycles. The summed E-state index contributed by atoms with van der Waals surface area (Å²) in [6.07, 6.45) is 0.488. The number of anilines is 2. The summed E-state index contributed by atoms with van der Waals surface area (Å²) < 4.78 is 24.8. The monoisotopic (exact) mass is 565 g/mol. The fraction of sp³-hybridized carbons (Fsp3) is 0.433. The van der Waals surface area contributed by atoms with Crippen molar-refractivity contribution in [2.24, 2.45) is 0 Å². The Hall–Kier alpha value is -4.28. The van der Waals surface area contributed by atoms with Crippen LogP contribution in [-0.4, -0.2) is 70.2 Å². The average molecular weight is 566 g/mol. The fourth-order valence-electron chi connectivity index (χ4n) is 4.29. The van der Waals surface area contributed by atoms with Crippen LogP contribution in [0.3, 0.4) is 0 Å². The van der Waals surface area contributed by atoms with E-state index < -0.39 is 23.1 Å². The van der Waals surface area contributed by atoms with Crippen LogP contribution in [0.1, 0.15) is 57.5 Å². The molecule has 10 nitrogen and oxygen atoms in total. The molecule has 1 saturated heterocycles. The second-order valence-electron chi connectivity index (χ2n) is 11.9. The lowest BCUT2D eigenvalue weighted by Crippen LogP contribution is -2.50. The third kappa shape index (κ3) is 8.12. The lowest BCUT2D eigenvalue weighted by Gasteiger charge is -2.36. The number of aromatic nitrogens is 2. The number of benzene rings is 2. The van der Waals surface area contributed by atoms with E-state index in [1.165, 1.54) is 18.2 Å². The van der Waals surface area contributed by atoms with Gasteiger partial charge in [-0.2, -0.15) is 0 Å². The molecule has 0 spiro atoms. The molecule has 0 radical (unpaired) electrons. The minimum atomic E-state index is -0.708. The van der Waals surface area contributed by atoms with E-state index in [9.17, 15) is 18.8 Å². The van der Waals surface area contributed by atoms with Gasteiger partial charge in [0.05, 0.1) is 17.2 Å². The summed E-state index contributed by atoms with van der Waals surface area (Å²) in [5, 5.41) is 2.60. The van der Waals surface area contributed by atoms with Crippen molar-refractivity contribution in [1.29, 1.82) is 0 Å². The van der Waals surface area contributed by atoms with Crippen LogP contribution in [0.25, 0.3) is 11.0 Å². The largest absolute Gasteiger partial charge is 0.444 e. The number of hydrogen-bond donors (Lipinski definition) is 1. The van der Waals surface area contributed by atoms with Gasteiger partial charge < -0.3 is 19.3 Å². The number of ether oxygens (including phenoxy) is 2. The highest BCUT2D eigenvalue weighted by Gasteiger charge is 2.26. The van der Waals surface area contributed by atoms with Gasteiger partial charge in [0, 0.05) is 43.9 Å². The number of nitrogens with one attached hydrogen (secondary N) is 1. The molecule has 0 bridgehead atoms. The molecule has 1 N–H and O–H groups in total. The molecule has 2 amide bonds. The Balaban J connectivity index is 1.43. The Morgan fingerprint density at radius 2 is 1.59 bits per heavy atom. The molecule has 11 heteroatoms. The SMILES string of the molecule is CC(C)(C)OC(=O)Nc1ccc(F)cc1CC(=O)c1ccc2nc(N3CCN(C(=O)OC(C)(C)C)CC3)cnc2c1. The van der Waals surface area contributed by atoms with Crippen LogP contribution in [0.5, 0.6) is 0 Å². The van der Waals surface area contributed by atoms with Crippen molar-refractivity contribution < 1.29 is 28.2 Å². The van der Waals surface area contributed by atoms with Crippen LogP contribution in [0.2, 0.25) is 0 Å². The van der Waals surface area contributed by atoms with Crippen LogP contribution in [-0.2, 0) is 15.9 Å². The number of nitrogens with zero attached hydrogens (tertiary/aromatic N) is 4. The third-order valence-electron chi connectivity index (χ3n) is 6.16. The van der Waals surface area contributed by atoms with E-state index in [0.29, 0.717) is 59.8 Å². The Kier molecular flexibility index (Phi) is 8.46. The van der Waals surface area contributed by atoms with Crippen molar-refractivity contribution in [3.63, 3.8) is 0 Å². The molecule has 41 heavy (non-hydrogen) atoms. The van der Waals surface area contributed by atoms with Crippen LogP contribution in [0.4, 0.5) is 25.5 Å². The van der Waals surface area contributed by atoms with Crippen LogP contribution >= 0.6 is 0 Å². The highest BCUT2D eigenvalue weighted by atomic mass is 19.1. The number of hydrogen-bond acceptors (Lipinski definition) is 8. The fourth-order valence-corrected chi connectivity index (χ4v) is 4.29. The first-order chi connectivity index (χ1) is 19.2. The predicted molar refractivity (Wildman–Crippen MR) is 154 cm³/mol. The van der Waals surface area contributed by atoms with E-state index in [1.54, 1.807) is 50.1 Å². The van der Waals surface area contributed by atoms with Crippen molar-refractivity contribution in [3.05, 3.63) is 59.5 Å². The van der Waals surface area contributed by atoms with E-state index in [4.69, 9.17) is 14.5 Å². The Bertz CT molecular complexity index is 1460. The van der Waals surface area contributed by atoms with Gasteiger partial charge in [-0.25, -0.2) is 19.0 Å². The standard InChI is InChI=1S/C30H36FN5O5/c1-29(2,3)40-27(38)34-22-10-8-21(31)15-20(22)17-25(37)19-7-9-23-24(16-19)32-18-26(33-23)35-11-13-36(14-12-35)28(39)41-30(4,5)6/h7-10,15-16,18H,11-14,17H2,1-6H3,(H,34,38). The Labute approximate surface area is 238 Å². The molecule has 1 aliphatic rings. The molecular formula is C30H36FN5O5. The Morgan fingerprint density at radius 1 is 0.902 bits per heavy atom.